The molecule has 5 rings (SSSR count). The second kappa shape index (κ2) is 7.91. The van der Waals surface area contributed by atoms with Crippen LogP contribution < -0.4 is 5.32 Å². The van der Waals surface area contributed by atoms with Gasteiger partial charge in [-0.3, -0.25) is 9.78 Å². The Bertz CT molecular complexity index is 1170. The van der Waals surface area contributed by atoms with Gasteiger partial charge < -0.3 is 5.32 Å². The molecule has 6 heteroatoms. The molecule has 2 aromatic carbocycles. The summed E-state index contributed by atoms with van der Waals surface area (Å²) < 4.78 is 1.78. The maximum absolute atomic E-state index is 13.2. The van der Waals surface area contributed by atoms with E-state index in [4.69, 9.17) is 0 Å². The molecule has 0 radical (unpaired) electrons. The van der Waals surface area contributed by atoms with Crippen LogP contribution in [0, 0.1) is 0 Å². The maximum Gasteiger partial charge on any atom is 0.274 e. The first-order valence-electron chi connectivity index (χ1n) is 10.1. The summed E-state index contributed by atoms with van der Waals surface area (Å²) in [7, 11) is 0. The van der Waals surface area contributed by atoms with Crippen LogP contribution in [0.2, 0.25) is 0 Å². The molecule has 0 spiro atoms. The normalized spacial score (nSPS) is 15.0. The van der Waals surface area contributed by atoms with Crippen LogP contribution in [0.3, 0.4) is 0 Å². The van der Waals surface area contributed by atoms with E-state index in [1.807, 2.05) is 54.6 Å². The number of nitrogens with zero attached hydrogens (tertiary/aromatic N) is 4. The molecule has 6 nitrogen and oxygen atoms in total. The van der Waals surface area contributed by atoms with E-state index in [9.17, 15) is 4.79 Å². The molecule has 2 aromatic heterocycles. The number of aryl methyl sites for hydroxylation is 1. The summed E-state index contributed by atoms with van der Waals surface area (Å²) in [6, 6.07) is 22.0. The van der Waals surface area contributed by atoms with Crippen molar-refractivity contribution in [3.63, 3.8) is 0 Å². The summed E-state index contributed by atoms with van der Waals surface area (Å²) in [5, 5.41) is 11.7. The van der Waals surface area contributed by atoms with Crippen molar-refractivity contribution in [3.8, 4) is 11.3 Å². The Balaban J connectivity index is 1.48. The van der Waals surface area contributed by atoms with Gasteiger partial charge in [-0.1, -0.05) is 59.8 Å². The van der Waals surface area contributed by atoms with Crippen molar-refractivity contribution in [2.24, 2.45) is 0 Å². The Morgan fingerprint density at radius 1 is 1.00 bits per heavy atom. The molecular formula is C24H21N5O. The zero-order valence-corrected chi connectivity index (χ0v) is 16.4. The Morgan fingerprint density at radius 2 is 1.77 bits per heavy atom. The Morgan fingerprint density at radius 3 is 2.60 bits per heavy atom. The van der Waals surface area contributed by atoms with Crippen molar-refractivity contribution in [3.05, 3.63) is 102 Å². The first-order chi connectivity index (χ1) is 14.8. The fourth-order valence-electron chi connectivity index (χ4n) is 4.06. The van der Waals surface area contributed by atoms with Crippen LogP contribution in [-0.2, 0) is 13.0 Å². The van der Waals surface area contributed by atoms with Gasteiger partial charge in [0.25, 0.3) is 5.91 Å². The van der Waals surface area contributed by atoms with Crippen LogP contribution >= 0.6 is 0 Å². The van der Waals surface area contributed by atoms with Gasteiger partial charge in [-0.25, -0.2) is 4.68 Å². The molecule has 1 aliphatic carbocycles. The number of amides is 1. The number of nitrogens with one attached hydrogen (secondary N) is 1. The van der Waals surface area contributed by atoms with E-state index in [1.54, 1.807) is 17.1 Å². The highest BCUT2D eigenvalue weighted by atomic mass is 16.2. The van der Waals surface area contributed by atoms with E-state index in [0.29, 0.717) is 17.9 Å². The van der Waals surface area contributed by atoms with Crippen molar-refractivity contribution in [2.75, 3.05) is 0 Å². The number of carbonyl (C=O) groups excluding carboxylic acids is 1. The minimum atomic E-state index is -0.206. The quantitative estimate of drug-likeness (QED) is 0.558. The van der Waals surface area contributed by atoms with Gasteiger partial charge in [0.15, 0.2) is 5.69 Å². The lowest BCUT2D eigenvalue weighted by molar-refractivity contribution is 0.0932. The van der Waals surface area contributed by atoms with E-state index in [-0.39, 0.29) is 11.9 Å². The van der Waals surface area contributed by atoms with Gasteiger partial charge in [-0.05, 0) is 41.7 Å². The van der Waals surface area contributed by atoms with E-state index in [2.05, 4.69) is 32.7 Å². The zero-order valence-electron chi connectivity index (χ0n) is 16.4. The number of carbonyl (C=O) groups is 1. The van der Waals surface area contributed by atoms with Crippen molar-refractivity contribution in [1.29, 1.82) is 0 Å². The standard InChI is InChI=1S/C24H21N5O/c30-24(26-21-11-10-18-8-4-5-9-20(18)21)22-23(19-12-14-25-15-13-19)29(28-27-22)16-17-6-2-1-3-7-17/h1-9,12-15,21H,10-11,16H2,(H,26,30). The van der Waals surface area contributed by atoms with Gasteiger partial charge in [0.1, 0.15) is 5.69 Å². The first kappa shape index (κ1) is 18.2. The van der Waals surface area contributed by atoms with Crippen LogP contribution in [0.5, 0.6) is 0 Å². The molecule has 0 aliphatic heterocycles. The third-order valence-electron chi connectivity index (χ3n) is 5.52. The number of hydrogen-bond donors (Lipinski definition) is 1. The first-order valence-corrected chi connectivity index (χ1v) is 10.1. The van der Waals surface area contributed by atoms with Crippen LogP contribution in [0.4, 0.5) is 0 Å². The van der Waals surface area contributed by atoms with Gasteiger partial charge >= 0.3 is 0 Å². The topological polar surface area (TPSA) is 72.7 Å². The summed E-state index contributed by atoms with van der Waals surface area (Å²) in [5.41, 5.74) is 5.47. The largest absolute Gasteiger partial charge is 0.344 e. The highest BCUT2D eigenvalue weighted by Crippen LogP contribution is 2.31. The number of benzene rings is 2. The SMILES string of the molecule is O=C(NC1CCc2ccccc21)c1nnn(Cc2ccccc2)c1-c1ccncc1. The van der Waals surface area contributed by atoms with Crippen LogP contribution in [0.25, 0.3) is 11.3 Å². The minimum absolute atomic E-state index is 0.00161. The highest BCUT2D eigenvalue weighted by Gasteiger charge is 2.27. The fraction of sp³-hybridized carbons (Fsp3) is 0.167. The highest BCUT2D eigenvalue weighted by molar-refractivity contribution is 5.98. The summed E-state index contributed by atoms with van der Waals surface area (Å²) in [6.07, 6.45) is 5.29. The van der Waals surface area contributed by atoms with Crippen molar-refractivity contribution < 1.29 is 4.79 Å². The minimum Gasteiger partial charge on any atom is -0.344 e. The molecular weight excluding hydrogens is 374 g/mol. The van der Waals surface area contributed by atoms with Gasteiger partial charge in [0.2, 0.25) is 0 Å². The molecule has 30 heavy (non-hydrogen) atoms. The number of fused-ring (bicyclic) bond motifs is 1. The second-order valence-corrected chi connectivity index (χ2v) is 7.43. The predicted molar refractivity (Wildman–Crippen MR) is 114 cm³/mol. The Kier molecular flexibility index (Phi) is 4.81. The molecule has 0 fully saturated rings. The Hall–Kier alpha value is -3.80. The van der Waals surface area contributed by atoms with Crippen LogP contribution in [-0.4, -0.2) is 25.9 Å². The maximum atomic E-state index is 13.2. The molecule has 148 valence electrons. The van der Waals surface area contributed by atoms with Gasteiger partial charge in [-0.15, -0.1) is 5.10 Å². The van der Waals surface area contributed by atoms with Gasteiger partial charge in [0, 0.05) is 18.0 Å². The molecule has 1 atom stereocenters. The molecule has 1 amide bonds. The van der Waals surface area contributed by atoms with Gasteiger partial charge in [-0.2, -0.15) is 0 Å². The summed E-state index contributed by atoms with van der Waals surface area (Å²) in [5.74, 6) is -0.206. The Labute approximate surface area is 174 Å². The molecule has 0 saturated carbocycles. The molecule has 0 bridgehead atoms. The molecule has 1 aliphatic rings. The van der Waals surface area contributed by atoms with Crippen LogP contribution in [0.15, 0.2) is 79.1 Å². The molecule has 0 saturated heterocycles. The third kappa shape index (κ3) is 3.48. The second-order valence-electron chi connectivity index (χ2n) is 7.43. The van der Waals surface area contributed by atoms with E-state index in [1.165, 1.54) is 11.1 Å². The monoisotopic (exact) mass is 395 g/mol. The number of aromatic nitrogens is 4. The van der Waals surface area contributed by atoms with E-state index in [0.717, 1.165) is 24.0 Å². The zero-order chi connectivity index (χ0) is 20.3. The van der Waals surface area contributed by atoms with E-state index < -0.39 is 0 Å². The molecule has 2 heterocycles. The lowest BCUT2D eigenvalue weighted by Gasteiger charge is -2.14. The molecule has 1 unspecified atom stereocenters. The number of rotatable bonds is 5. The summed E-state index contributed by atoms with van der Waals surface area (Å²) in [6.45, 7) is 0.533. The summed E-state index contributed by atoms with van der Waals surface area (Å²) in [4.78, 5) is 17.3. The lowest BCUT2D eigenvalue weighted by atomic mass is 10.1. The van der Waals surface area contributed by atoms with E-state index >= 15 is 0 Å². The predicted octanol–water partition coefficient (Wildman–Crippen LogP) is 3.81. The van der Waals surface area contributed by atoms with Crippen LogP contribution in [0.1, 0.15) is 39.6 Å². The van der Waals surface area contributed by atoms with Crippen molar-refractivity contribution >= 4 is 5.91 Å². The van der Waals surface area contributed by atoms with Crippen molar-refractivity contribution in [2.45, 2.75) is 25.4 Å². The van der Waals surface area contributed by atoms with Gasteiger partial charge in [0.05, 0.1) is 12.6 Å². The molecule has 4 aromatic rings. The number of hydrogen-bond acceptors (Lipinski definition) is 4. The third-order valence-corrected chi connectivity index (χ3v) is 5.52. The lowest BCUT2D eigenvalue weighted by Crippen LogP contribution is -2.28. The fourth-order valence-corrected chi connectivity index (χ4v) is 4.06. The average Bonchev–Trinajstić information content (AvgIpc) is 3.40. The summed E-state index contributed by atoms with van der Waals surface area (Å²) >= 11 is 0. The number of pyridine rings is 1. The molecule has 1 N–H and O–H groups in total. The average molecular weight is 395 g/mol. The smallest absolute Gasteiger partial charge is 0.274 e. The van der Waals surface area contributed by atoms with Crippen molar-refractivity contribution in [1.82, 2.24) is 25.3 Å².